The summed E-state index contributed by atoms with van der Waals surface area (Å²) in [6.07, 6.45) is 3.36. The van der Waals surface area contributed by atoms with E-state index in [9.17, 15) is 42.9 Å². The van der Waals surface area contributed by atoms with Crippen LogP contribution in [0.25, 0.3) is 11.2 Å². The summed E-state index contributed by atoms with van der Waals surface area (Å²) in [6, 6.07) is 14.0. The molecule has 1 aliphatic heterocycles. The van der Waals surface area contributed by atoms with Crippen molar-refractivity contribution in [3.8, 4) is 5.75 Å². The predicted molar refractivity (Wildman–Crippen MR) is 208 cm³/mol. The topological polar surface area (TPSA) is 318 Å². The molecule has 1 saturated heterocycles. The number of aliphatic hydroxyl groups excluding tert-OH is 1. The van der Waals surface area contributed by atoms with E-state index < -0.39 is 56.3 Å². The molecular weight excluding hydrogens is 834 g/mol. The highest BCUT2D eigenvalue weighted by atomic mass is 31.3. The lowest BCUT2D eigenvalue weighted by atomic mass is 10.2. The zero-order valence-electron chi connectivity index (χ0n) is 31.1. The molecule has 0 radical (unpaired) electrons. The number of nitrogens with zero attached hydrogens (tertiary/aromatic N) is 4. The molecule has 0 saturated carbocycles. The first-order valence-corrected chi connectivity index (χ1v) is 23.5. The fraction of sp³-hybridized carbons (Fsp3) is 0.452. The van der Waals surface area contributed by atoms with Gasteiger partial charge >= 0.3 is 31.3 Å². The van der Waals surface area contributed by atoms with E-state index in [1.807, 2.05) is 6.92 Å². The number of nitrogen functional groups attached to an aromatic ring is 1. The third-order valence-electron chi connectivity index (χ3n) is 7.77. The number of nitrogens with one attached hydrogen (secondary N) is 2. The van der Waals surface area contributed by atoms with Gasteiger partial charge in [-0.25, -0.2) is 33.2 Å². The van der Waals surface area contributed by atoms with E-state index in [1.54, 1.807) is 0 Å². The van der Waals surface area contributed by atoms with Crippen molar-refractivity contribution in [2.45, 2.75) is 71.3 Å². The van der Waals surface area contributed by atoms with Crippen molar-refractivity contribution >= 4 is 59.6 Å². The lowest BCUT2D eigenvalue weighted by molar-refractivity contribution is -0.0423. The highest BCUT2D eigenvalue weighted by Gasteiger charge is 2.47. The van der Waals surface area contributed by atoms with E-state index in [4.69, 9.17) is 10.5 Å². The standard InChI is InChI=1S/C20H30N6O15P4.C11H17N/c1-2-3-8-22-13-4-6-14(7-5-13)38-43(30,31)40-45(34,35)41-44(32,33)39-42(28,29)36-10-16-15(27)9-17(37-16)26-12-25-18-19(21)23-11-24-20(18)26;1-3-4-9-12-11-7-5-10(2)6-8-11/h4-7,11-12,15-17,22,27H,2-3,8-10H2,1H3,(H,28,29)(H,30,31)(H,32,33)(H,34,35)(H2,21,23,24);5-8,12H,3-4,9H2,1-2H3/t15-,16-,17-;/m1./s1. The minimum atomic E-state index is -6.00. The van der Waals surface area contributed by atoms with Gasteiger partial charge in [-0.15, -0.1) is 0 Å². The maximum Gasteiger partial charge on any atom is 0.536 e. The number of anilines is 3. The molecule has 9 N–H and O–H groups in total. The van der Waals surface area contributed by atoms with E-state index >= 15 is 0 Å². The van der Waals surface area contributed by atoms with Gasteiger partial charge in [0.25, 0.3) is 0 Å². The number of aromatic nitrogens is 4. The van der Waals surface area contributed by atoms with Crippen LogP contribution in [0.3, 0.4) is 0 Å². The average molecular weight is 882 g/mol. The van der Waals surface area contributed by atoms with Crippen molar-refractivity contribution in [1.29, 1.82) is 0 Å². The minimum absolute atomic E-state index is 0.0596. The first kappa shape index (κ1) is 46.4. The van der Waals surface area contributed by atoms with Gasteiger partial charge in [-0.1, -0.05) is 44.4 Å². The molecule has 1 fully saturated rings. The summed E-state index contributed by atoms with van der Waals surface area (Å²) < 4.78 is 77.0. The van der Waals surface area contributed by atoms with Crippen LogP contribution in [0.4, 0.5) is 17.2 Å². The second-order valence-electron chi connectivity index (χ2n) is 12.5. The summed E-state index contributed by atoms with van der Waals surface area (Å²) in [7, 11) is -23.0. The maximum absolute atomic E-state index is 12.3. The number of benzene rings is 2. The Kier molecular flexibility index (Phi) is 16.8. The van der Waals surface area contributed by atoms with E-state index in [1.165, 1.54) is 65.6 Å². The molecule has 1 aliphatic rings. The van der Waals surface area contributed by atoms with Gasteiger partial charge in [0.2, 0.25) is 0 Å². The summed E-state index contributed by atoms with van der Waals surface area (Å²) in [5.74, 6) is -0.185. The number of fused-ring (bicyclic) bond motifs is 1. The molecule has 3 heterocycles. The summed E-state index contributed by atoms with van der Waals surface area (Å²) >= 11 is 0. The van der Waals surface area contributed by atoms with Gasteiger partial charge < -0.3 is 45.4 Å². The van der Waals surface area contributed by atoms with Crippen LogP contribution in [0.2, 0.25) is 0 Å². The van der Waals surface area contributed by atoms with Crippen molar-refractivity contribution in [2.75, 3.05) is 36.1 Å². The summed E-state index contributed by atoms with van der Waals surface area (Å²) in [4.78, 5) is 51.2. The lowest BCUT2D eigenvalue weighted by Gasteiger charge is -2.21. The van der Waals surface area contributed by atoms with E-state index in [0.29, 0.717) is 12.2 Å². The molecule has 2 aromatic heterocycles. The Morgan fingerprint density at radius 2 is 1.35 bits per heavy atom. The van der Waals surface area contributed by atoms with Gasteiger partial charge in [-0.3, -0.25) is 14.0 Å². The van der Waals surface area contributed by atoms with E-state index in [2.05, 4.69) is 85.7 Å². The van der Waals surface area contributed by atoms with Gasteiger partial charge in [0.1, 0.15) is 29.9 Å². The molecule has 316 valence electrons. The molecule has 7 atom stereocenters. The van der Waals surface area contributed by atoms with Gasteiger partial charge in [-0.2, -0.15) is 12.9 Å². The second kappa shape index (κ2) is 20.6. The fourth-order valence-corrected chi connectivity index (χ4v) is 9.95. The number of hydrogen-bond acceptors (Lipinski definition) is 17. The number of phosphoric acid groups is 4. The van der Waals surface area contributed by atoms with Crippen LogP contribution in [0.1, 0.15) is 57.7 Å². The molecule has 4 aromatic rings. The smallest absolute Gasteiger partial charge is 0.404 e. The molecule has 57 heavy (non-hydrogen) atoms. The molecule has 0 amide bonds. The molecular formula is C31H47N7O15P4. The number of rotatable bonds is 20. The molecule has 5 rings (SSSR count). The Morgan fingerprint density at radius 1 is 0.807 bits per heavy atom. The maximum atomic E-state index is 12.3. The quantitative estimate of drug-likeness (QED) is 0.0371. The minimum Gasteiger partial charge on any atom is -0.404 e. The fourth-order valence-electron chi connectivity index (χ4n) is 5.00. The Balaban J connectivity index is 0.000000512. The van der Waals surface area contributed by atoms with Crippen molar-refractivity contribution in [1.82, 2.24) is 19.5 Å². The summed E-state index contributed by atoms with van der Waals surface area (Å²) in [6.45, 7) is 7.19. The van der Waals surface area contributed by atoms with Crippen molar-refractivity contribution < 1.29 is 69.7 Å². The van der Waals surface area contributed by atoms with Crippen LogP contribution < -0.4 is 20.9 Å². The number of hydrogen-bond donors (Lipinski definition) is 8. The zero-order valence-corrected chi connectivity index (χ0v) is 34.7. The van der Waals surface area contributed by atoms with Crippen LogP contribution in [0.5, 0.6) is 5.75 Å². The zero-order chi connectivity index (χ0) is 41.9. The number of aliphatic hydroxyl groups is 1. The van der Waals surface area contributed by atoms with Crippen molar-refractivity contribution in [3.05, 3.63) is 66.7 Å². The van der Waals surface area contributed by atoms with Gasteiger partial charge in [0.15, 0.2) is 11.5 Å². The van der Waals surface area contributed by atoms with Gasteiger partial charge in [-0.05, 0) is 56.2 Å². The molecule has 2 aromatic carbocycles. The molecule has 4 unspecified atom stereocenters. The number of phosphoric ester groups is 2. The van der Waals surface area contributed by atoms with Crippen LogP contribution in [0.15, 0.2) is 61.2 Å². The van der Waals surface area contributed by atoms with Crippen molar-refractivity contribution in [2.24, 2.45) is 0 Å². The van der Waals surface area contributed by atoms with Crippen LogP contribution in [0, 0.1) is 6.92 Å². The number of unbranched alkanes of at least 4 members (excludes halogenated alkanes) is 2. The number of ether oxygens (including phenoxy) is 1. The van der Waals surface area contributed by atoms with Gasteiger partial charge in [0, 0.05) is 30.9 Å². The van der Waals surface area contributed by atoms with Crippen LogP contribution in [-0.4, -0.2) is 76.1 Å². The largest absolute Gasteiger partial charge is 0.536 e. The number of aryl methyl sites for hydroxylation is 1. The highest BCUT2D eigenvalue weighted by molar-refractivity contribution is 7.69. The molecule has 0 aliphatic carbocycles. The van der Waals surface area contributed by atoms with E-state index in [-0.39, 0.29) is 29.2 Å². The highest BCUT2D eigenvalue weighted by Crippen LogP contribution is 2.71. The number of imidazole rings is 1. The predicted octanol–water partition coefficient (Wildman–Crippen LogP) is 6.02. The Labute approximate surface area is 328 Å². The lowest BCUT2D eigenvalue weighted by Crippen LogP contribution is -2.26. The Bertz CT molecular complexity index is 2090. The summed E-state index contributed by atoms with van der Waals surface area (Å²) in [5, 5.41) is 16.8. The second-order valence-corrected chi connectivity index (χ2v) is 18.6. The Morgan fingerprint density at radius 3 is 1.93 bits per heavy atom. The third-order valence-corrected chi connectivity index (χ3v) is 13.6. The summed E-state index contributed by atoms with van der Waals surface area (Å²) in [5.41, 5.74) is 9.49. The average Bonchev–Trinajstić information content (AvgIpc) is 3.71. The first-order chi connectivity index (χ1) is 26.8. The van der Waals surface area contributed by atoms with Crippen LogP contribution >= 0.6 is 31.3 Å². The van der Waals surface area contributed by atoms with Crippen LogP contribution in [-0.2, 0) is 40.5 Å². The molecule has 22 nitrogen and oxygen atoms in total. The monoisotopic (exact) mass is 881 g/mol. The first-order valence-electron chi connectivity index (χ1n) is 17.5. The molecule has 0 bridgehead atoms. The Hall–Kier alpha value is -3.29. The number of nitrogens with two attached hydrogens (primary N) is 1. The third kappa shape index (κ3) is 15.1. The van der Waals surface area contributed by atoms with Crippen molar-refractivity contribution in [3.63, 3.8) is 0 Å². The molecule has 0 spiro atoms. The molecule has 26 heteroatoms. The van der Waals surface area contributed by atoms with Gasteiger partial charge in [0.05, 0.1) is 19.0 Å². The normalized spacial score (nSPS) is 20.9. The SMILES string of the molecule is CCCCNc1ccc(C)cc1.CCCCNc1ccc(OP(=O)(O)OP(=O)(O)OP(=O)(O)OP(=O)(O)OC[C@H]2O[C@@H](n3cnc4c(N)ncnc43)C[C@H]2O)cc1. The van der Waals surface area contributed by atoms with E-state index in [0.717, 1.165) is 19.4 Å².